The van der Waals surface area contributed by atoms with Crippen LogP contribution in [-0.4, -0.2) is 45.7 Å². The van der Waals surface area contributed by atoms with Crippen molar-refractivity contribution in [2.24, 2.45) is 4.99 Å². The van der Waals surface area contributed by atoms with Crippen molar-refractivity contribution in [3.05, 3.63) is 0 Å². The van der Waals surface area contributed by atoms with E-state index < -0.39 is 8.07 Å². The molecule has 0 aliphatic heterocycles. The second kappa shape index (κ2) is 7.85. The highest BCUT2D eigenvalue weighted by atomic mass is 28.3. The zero-order valence-corrected chi connectivity index (χ0v) is 12.8. The summed E-state index contributed by atoms with van der Waals surface area (Å²) in [5.74, 6) is 0. The molecule has 16 heavy (non-hydrogen) atoms. The van der Waals surface area contributed by atoms with Crippen LogP contribution in [-0.2, 0) is 4.74 Å². The van der Waals surface area contributed by atoms with E-state index in [1.54, 1.807) is 7.05 Å². The summed E-state index contributed by atoms with van der Waals surface area (Å²) in [5, 5.41) is 0. The molecule has 0 unspecified atom stereocenters. The molecule has 0 saturated carbocycles. The minimum absolute atomic E-state index is 0.496. The monoisotopic (exact) mass is 244 g/mol. The Hall–Kier alpha value is -0.353. The summed E-state index contributed by atoms with van der Waals surface area (Å²) in [6.07, 6.45) is 2.99. The van der Waals surface area contributed by atoms with Crippen molar-refractivity contribution >= 4 is 14.4 Å². The van der Waals surface area contributed by atoms with Crippen molar-refractivity contribution < 1.29 is 4.74 Å². The van der Waals surface area contributed by atoms with Gasteiger partial charge in [0, 0.05) is 27.8 Å². The van der Waals surface area contributed by atoms with E-state index in [9.17, 15) is 0 Å². The van der Waals surface area contributed by atoms with E-state index in [2.05, 4.69) is 43.4 Å². The predicted molar refractivity (Wildman–Crippen MR) is 75.0 cm³/mol. The molecule has 0 aromatic carbocycles. The van der Waals surface area contributed by atoms with Crippen LogP contribution in [0.5, 0.6) is 0 Å². The Balaban J connectivity index is 3.86. The number of hydrogen-bond donors (Lipinski definition) is 0. The second-order valence-corrected chi connectivity index (χ2v) is 11.1. The molecule has 0 spiro atoms. The van der Waals surface area contributed by atoms with Gasteiger partial charge in [0.05, 0.1) is 6.34 Å². The van der Waals surface area contributed by atoms with Crippen LogP contribution in [0.3, 0.4) is 0 Å². The molecule has 0 aromatic rings. The minimum atomic E-state index is -0.960. The average molecular weight is 244 g/mol. The number of hydrogen-bond acceptors (Lipinski definition) is 2. The maximum Gasteiger partial charge on any atom is 0.119 e. The van der Waals surface area contributed by atoms with Gasteiger partial charge in [0.2, 0.25) is 0 Å². The molecular weight excluding hydrogens is 216 g/mol. The first-order valence-electron chi connectivity index (χ1n) is 6.16. The van der Waals surface area contributed by atoms with Crippen molar-refractivity contribution in [2.75, 3.05) is 20.4 Å². The third kappa shape index (κ3) is 7.88. The summed E-state index contributed by atoms with van der Waals surface area (Å²) >= 11 is 0. The largest absolute Gasteiger partial charge is 0.361 e. The lowest BCUT2D eigenvalue weighted by Gasteiger charge is -2.26. The summed E-state index contributed by atoms with van der Waals surface area (Å²) in [6.45, 7) is 13.0. The van der Waals surface area contributed by atoms with Crippen LogP contribution in [0.15, 0.2) is 4.99 Å². The Morgan fingerprint density at radius 1 is 1.38 bits per heavy atom. The minimum Gasteiger partial charge on any atom is -0.361 e. The standard InChI is InChI=1S/C12H28N2OSi/c1-7-12(2)14(10-13-3)11-15-8-9-16(4,5)6/h10,12H,7-9,11H2,1-6H3/t12-/m0/s1. The first kappa shape index (κ1) is 15.6. The lowest BCUT2D eigenvalue weighted by atomic mass is 10.2. The van der Waals surface area contributed by atoms with Crippen molar-refractivity contribution in [1.29, 1.82) is 0 Å². The van der Waals surface area contributed by atoms with Gasteiger partial charge in [0.25, 0.3) is 0 Å². The third-order valence-corrected chi connectivity index (χ3v) is 4.36. The Kier molecular flexibility index (Phi) is 7.67. The van der Waals surface area contributed by atoms with Gasteiger partial charge in [-0.3, -0.25) is 4.99 Å². The highest BCUT2D eigenvalue weighted by molar-refractivity contribution is 6.76. The third-order valence-electron chi connectivity index (χ3n) is 2.66. The van der Waals surface area contributed by atoms with Crippen LogP contribution >= 0.6 is 0 Å². The van der Waals surface area contributed by atoms with E-state index in [1.807, 2.05) is 6.34 Å². The molecule has 0 heterocycles. The smallest absolute Gasteiger partial charge is 0.119 e. The van der Waals surface area contributed by atoms with Gasteiger partial charge in [0.15, 0.2) is 0 Å². The molecule has 4 heteroatoms. The van der Waals surface area contributed by atoms with Crippen molar-refractivity contribution in [3.8, 4) is 0 Å². The van der Waals surface area contributed by atoms with Gasteiger partial charge < -0.3 is 9.64 Å². The zero-order chi connectivity index (χ0) is 12.6. The molecule has 0 rings (SSSR count). The quantitative estimate of drug-likeness (QED) is 0.215. The first-order valence-corrected chi connectivity index (χ1v) is 9.87. The molecular formula is C12H28N2OSi. The van der Waals surface area contributed by atoms with E-state index in [0.717, 1.165) is 13.0 Å². The van der Waals surface area contributed by atoms with E-state index in [1.165, 1.54) is 6.04 Å². The molecule has 0 bridgehead atoms. The fourth-order valence-corrected chi connectivity index (χ4v) is 1.96. The van der Waals surface area contributed by atoms with Crippen molar-refractivity contribution in [2.45, 2.75) is 52.0 Å². The van der Waals surface area contributed by atoms with E-state index >= 15 is 0 Å². The van der Waals surface area contributed by atoms with Gasteiger partial charge in [0.1, 0.15) is 6.73 Å². The highest BCUT2D eigenvalue weighted by Crippen LogP contribution is 2.08. The normalized spacial score (nSPS) is 14.4. The molecule has 0 aliphatic carbocycles. The van der Waals surface area contributed by atoms with Gasteiger partial charge in [-0.05, 0) is 19.4 Å². The molecule has 0 aromatic heterocycles. The summed E-state index contributed by atoms with van der Waals surface area (Å²) in [7, 11) is 0.843. The summed E-state index contributed by atoms with van der Waals surface area (Å²) in [5.41, 5.74) is 0. The predicted octanol–water partition coefficient (Wildman–Crippen LogP) is 3.06. The molecule has 0 amide bonds. The van der Waals surface area contributed by atoms with Gasteiger partial charge >= 0.3 is 0 Å². The summed E-state index contributed by atoms with van der Waals surface area (Å²) < 4.78 is 5.72. The molecule has 0 saturated heterocycles. The Bertz CT molecular complexity index is 202. The number of aliphatic imine (C=N–C) groups is 1. The van der Waals surface area contributed by atoms with Crippen LogP contribution < -0.4 is 0 Å². The van der Waals surface area contributed by atoms with Crippen molar-refractivity contribution in [1.82, 2.24) is 4.90 Å². The molecule has 0 N–H and O–H groups in total. The van der Waals surface area contributed by atoms with E-state index in [0.29, 0.717) is 12.8 Å². The molecule has 0 fully saturated rings. The number of nitrogens with zero attached hydrogens (tertiary/aromatic N) is 2. The highest BCUT2D eigenvalue weighted by Gasteiger charge is 2.13. The Morgan fingerprint density at radius 3 is 2.44 bits per heavy atom. The zero-order valence-electron chi connectivity index (χ0n) is 11.8. The maximum atomic E-state index is 5.72. The SMILES string of the molecule is CC[C@H](C)N(C=NC)COCC[Si](C)(C)C. The van der Waals surface area contributed by atoms with Crippen LogP contribution in [0.4, 0.5) is 0 Å². The van der Waals surface area contributed by atoms with Gasteiger partial charge in [-0.1, -0.05) is 26.6 Å². The molecule has 0 radical (unpaired) electrons. The van der Waals surface area contributed by atoms with Crippen LogP contribution in [0.2, 0.25) is 25.7 Å². The topological polar surface area (TPSA) is 24.8 Å². The Morgan fingerprint density at radius 2 is 2.00 bits per heavy atom. The summed E-state index contributed by atoms with van der Waals surface area (Å²) in [4.78, 5) is 6.22. The van der Waals surface area contributed by atoms with Crippen molar-refractivity contribution in [3.63, 3.8) is 0 Å². The van der Waals surface area contributed by atoms with Gasteiger partial charge in [-0.2, -0.15) is 0 Å². The van der Waals surface area contributed by atoms with Gasteiger partial charge in [-0.15, -0.1) is 0 Å². The fourth-order valence-electron chi connectivity index (χ4n) is 1.21. The van der Waals surface area contributed by atoms with Gasteiger partial charge in [-0.25, -0.2) is 0 Å². The molecule has 1 atom stereocenters. The van der Waals surface area contributed by atoms with E-state index in [4.69, 9.17) is 4.74 Å². The molecule has 96 valence electrons. The first-order chi connectivity index (χ1) is 7.40. The maximum absolute atomic E-state index is 5.72. The molecule has 3 nitrogen and oxygen atoms in total. The molecule has 0 aliphatic rings. The van der Waals surface area contributed by atoms with E-state index in [-0.39, 0.29) is 0 Å². The second-order valence-electron chi connectivity index (χ2n) is 5.49. The summed E-state index contributed by atoms with van der Waals surface area (Å²) in [6, 6.07) is 1.72. The lowest BCUT2D eigenvalue weighted by Crippen LogP contribution is -2.34. The Labute approximate surface area is 102 Å². The average Bonchev–Trinajstić information content (AvgIpc) is 2.20. The lowest BCUT2D eigenvalue weighted by molar-refractivity contribution is 0.0589. The van der Waals surface area contributed by atoms with Crippen LogP contribution in [0.1, 0.15) is 20.3 Å². The number of rotatable bonds is 8. The van der Waals surface area contributed by atoms with Crippen LogP contribution in [0.25, 0.3) is 0 Å². The van der Waals surface area contributed by atoms with Crippen LogP contribution in [0, 0.1) is 0 Å². The number of ether oxygens (including phenoxy) is 1. The fraction of sp³-hybridized carbons (Fsp3) is 0.917.